The van der Waals surface area contributed by atoms with Crippen molar-refractivity contribution in [3.05, 3.63) is 62.1 Å². The molecule has 0 heterocycles. The Hall–Kier alpha value is -2.41. The van der Waals surface area contributed by atoms with E-state index in [9.17, 15) is 14.9 Å². The van der Waals surface area contributed by atoms with E-state index < -0.39 is 4.92 Å². The SMILES string of the molecule is Cc1cc(Br)ccc1OCC(=O)Nc1cccc([N+](=O)[O-])c1C. The van der Waals surface area contributed by atoms with Crippen molar-refractivity contribution in [2.45, 2.75) is 13.8 Å². The molecule has 0 saturated heterocycles. The van der Waals surface area contributed by atoms with Gasteiger partial charge in [0.1, 0.15) is 5.75 Å². The molecular formula is C16H15BrN2O4. The van der Waals surface area contributed by atoms with Crippen LogP contribution < -0.4 is 10.1 Å². The molecule has 1 amide bonds. The predicted octanol–water partition coefficient (Wildman–Crippen LogP) is 3.99. The van der Waals surface area contributed by atoms with Crippen molar-refractivity contribution >= 4 is 33.2 Å². The molecule has 1 N–H and O–H groups in total. The molecular weight excluding hydrogens is 364 g/mol. The van der Waals surface area contributed by atoms with E-state index in [2.05, 4.69) is 21.2 Å². The lowest BCUT2D eigenvalue weighted by molar-refractivity contribution is -0.385. The number of benzene rings is 2. The van der Waals surface area contributed by atoms with Crippen molar-refractivity contribution in [1.82, 2.24) is 0 Å². The summed E-state index contributed by atoms with van der Waals surface area (Å²) < 4.78 is 6.41. The Morgan fingerprint density at radius 2 is 2.04 bits per heavy atom. The minimum absolute atomic E-state index is 0.0347. The summed E-state index contributed by atoms with van der Waals surface area (Å²) in [6.45, 7) is 3.29. The maximum Gasteiger partial charge on any atom is 0.274 e. The van der Waals surface area contributed by atoms with Gasteiger partial charge in [0.15, 0.2) is 6.61 Å². The molecule has 2 aromatic carbocycles. The van der Waals surface area contributed by atoms with Gasteiger partial charge in [0, 0.05) is 10.5 Å². The van der Waals surface area contributed by atoms with Crippen molar-refractivity contribution in [2.24, 2.45) is 0 Å². The quantitative estimate of drug-likeness (QED) is 0.629. The van der Waals surface area contributed by atoms with E-state index >= 15 is 0 Å². The first-order valence-corrected chi connectivity index (χ1v) is 7.60. The summed E-state index contributed by atoms with van der Waals surface area (Å²) in [6.07, 6.45) is 0. The number of nitro benzene ring substituents is 1. The smallest absolute Gasteiger partial charge is 0.274 e. The van der Waals surface area contributed by atoms with Gasteiger partial charge in [0.2, 0.25) is 0 Å². The number of hydrogen-bond acceptors (Lipinski definition) is 4. The van der Waals surface area contributed by atoms with Gasteiger partial charge in [-0.15, -0.1) is 0 Å². The zero-order valence-electron chi connectivity index (χ0n) is 12.6. The molecule has 0 atom stereocenters. The summed E-state index contributed by atoms with van der Waals surface area (Å²) in [5.41, 5.74) is 1.68. The zero-order valence-corrected chi connectivity index (χ0v) is 14.2. The molecule has 0 fully saturated rings. The van der Waals surface area contributed by atoms with Crippen LogP contribution in [0.5, 0.6) is 5.75 Å². The van der Waals surface area contributed by atoms with Gasteiger partial charge in [-0.05, 0) is 43.7 Å². The van der Waals surface area contributed by atoms with Crippen molar-refractivity contribution in [3.63, 3.8) is 0 Å². The third kappa shape index (κ3) is 4.29. The van der Waals surface area contributed by atoms with Crippen LogP contribution in [-0.4, -0.2) is 17.4 Å². The summed E-state index contributed by atoms with van der Waals surface area (Å²) in [7, 11) is 0. The lowest BCUT2D eigenvalue weighted by atomic mass is 10.1. The molecule has 0 aliphatic heterocycles. The van der Waals surface area contributed by atoms with Crippen molar-refractivity contribution in [2.75, 3.05) is 11.9 Å². The second kappa shape index (κ2) is 7.23. The molecule has 2 aromatic rings. The Bertz CT molecular complexity index is 762. The highest BCUT2D eigenvalue weighted by molar-refractivity contribution is 9.10. The molecule has 0 unspecified atom stereocenters. The zero-order chi connectivity index (χ0) is 17.0. The molecule has 7 heteroatoms. The van der Waals surface area contributed by atoms with Crippen molar-refractivity contribution in [3.8, 4) is 5.75 Å². The van der Waals surface area contributed by atoms with Gasteiger partial charge in [-0.25, -0.2) is 0 Å². The van der Waals surface area contributed by atoms with Crippen LogP contribution in [0.4, 0.5) is 11.4 Å². The van der Waals surface area contributed by atoms with Crippen LogP contribution >= 0.6 is 15.9 Å². The lowest BCUT2D eigenvalue weighted by Gasteiger charge is -2.11. The first-order chi connectivity index (χ1) is 10.9. The number of hydrogen-bond donors (Lipinski definition) is 1. The molecule has 0 aliphatic carbocycles. The average molecular weight is 379 g/mol. The number of amides is 1. The maximum atomic E-state index is 12.0. The number of ether oxygens (including phenoxy) is 1. The fourth-order valence-electron chi connectivity index (χ4n) is 2.06. The summed E-state index contributed by atoms with van der Waals surface area (Å²) >= 11 is 3.36. The standard InChI is InChI=1S/C16H15BrN2O4/c1-10-8-12(17)6-7-15(10)23-9-16(20)18-13-4-3-5-14(11(13)2)19(21)22/h3-8H,9H2,1-2H3,(H,18,20). The number of carbonyl (C=O) groups is 1. The molecule has 2 rings (SSSR count). The number of nitro groups is 1. The van der Waals surface area contributed by atoms with E-state index in [1.54, 1.807) is 19.1 Å². The average Bonchev–Trinajstić information content (AvgIpc) is 2.48. The minimum Gasteiger partial charge on any atom is -0.483 e. The van der Waals surface area contributed by atoms with Gasteiger partial charge >= 0.3 is 0 Å². The van der Waals surface area contributed by atoms with Crippen LogP contribution in [0.25, 0.3) is 0 Å². The molecule has 0 spiro atoms. The van der Waals surface area contributed by atoms with Crippen molar-refractivity contribution in [1.29, 1.82) is 0 Å². The number of halogens is 1. The molecule has 0 bridgehead atoms. The van der Waals surface area contributed by atoms with Gasteiger partial charge in [-0.3, -0.25) is 14.9 Å². The number of anilines is 1. The number of nitrogens with zero attached hydrogens (tertiary/aromatic N) is 1. The van der Waals surface area contributed by atoms with E-state index in [4.69, 9.17) is 4.74 Å². The third-order valence-electron chi connectivity index (χ3n) is 3.27. The first kappa shape index (κ1) is 17.0. The van der Waals surface area contributed by atoms with Gasteiger partial charge in [0.05, 0.1) is 16.2 Å². The van der Waals surface area contributed by atoms with Gasteiger partial charge in [-0.1, -0.05) is 22.0 Å². The Labute approximate surface area is 141 Å². The topological polar surface area (TPSA) is 81.5 Å². The lowest BCUT2D eigenvalue weighted by Crippen LogP contribution is -2.21. The second-order valence-corrected chi connectivity index (χ2v) is 5.87. The van der Waals surface area contributed by atoms with Crippen LogP contribution in [0, 0.1) is 24.0 Å². The number of rotatable bonds is 5. The second-order valence-electron chi connectivity index (χ2n) is 4.95. The third-order valence-corrected chi connectivity index (χ3v) is 3.76. The number of carbonyl (C=O) groups excluding carboxylic acids is 1. The van der Waals surface area contributed by atoms with Crippen LogP contribution in [0.2, 0.25) is 0 Å². The highest BCUT2D eigenvalue weighted by Gasteiger charge is 2.15. The van der Waals surface area contributed by atoms with E-state index in [1.807, 2.05) is 19.1 Å². The van der Waals surface area contributed by atoms with Crippen LogP contribution in [-0.2, 0) is 4.79 Å². The number of nitrogens with one attached hydrogen (secondary N) is 1. The van der Waals surface area contributed by atoms with Gasteiger partial charge in [-0.2, -0.15) is 0 Å². The Morgan fingerprint density at radius 3 is 2.70 bits per heavy atom. The largest absolute Gasteiger partial charge is 0.483 e. The molecule has 23 heavy (non-hydrogen) atoms. The summed E-state index contributed by atoms with van der Waals surface area (Å²) in [6, 6.07) is 10.0. The van der Waals surface area contributed by atoms with E-state index in [1.165, 1.54) is 12.1 Å². The molecule has 120 valence electrons. The summed E-state index contributed by atoms with van der Waals surface area (Å²) in [5, 5.41) is 13.5. The van der Waals surface area contributed by atoms with Crippen LogP contribution in [0.1, 0.15) is 11.1 Å². The Balaban J connectivity index is 2.03. The van der Waals surface area contributed by atoms with Crippen molar-refractivity contribution < 1.29 is 14.5 Å². The highest BCUT2D eigenvalue weighted by Crippen LogP contribution is 2.25. The molecule has 0 aliphatic rings. The molecule has 0 aromatic heterocycles. The van der Waals surface area contributed by atoms with E-state index in [0.29, 0.717) is 17.0 Å². The molecule has 0 saturated carbocycles. The summed E-state index contributed by atoms with van der Waals surface area (Å²) in [4.78, 5) is 22.4. The maximum absolute atomic E-state index is 12.0. The van der Waals surface area contributed by atoms with E-state index in [0.717, 1.165) is 10.0 Å². The van der Waals surface area contributed by atoms with Crippen LogP contribution in [0.3, 0.4) is 0 Å². The highest BCUT2D eigenvalue weighted by atomic mass is 79.9. The molecule has 0 radical (unpaired) electrons. The van der Waals surface area contributed by atoms with Gasteiger partial charge in [0.25, 0.3) is 11.6 Å². The monoisotopic (exact) mass is 378 g/mol. The Morgan fingerprint density at radius 1 is 1.30 bits per heavy atom. The fourth-order valence-corrected chi connectivity index (χ4v) is 2.54. The predicted molar refractivity (Wildman–Crippen MR) is 90.8 cm³/mol. The van der Waals surface area contributed by atoms with Gasteiger partial charge < -0.3 is 10.1 Å². The normalized spacial score (nSPS) is 10.2. The Kier molecular flexibility index (Phi) is 5.33. The van der Waals surface area contributed by atoms with Crippen LogP contribution in [0.15, 0.2) is 40.9 Å². The molecule has 6 nitrogen and oxygen atoms in total. The fraction of sp³-hybridized carbons (Fsp3) is 0.188. The minimum atomic E-state index is -0.479. The number of aryl methyl sites for hydroxylation is 1. The summed E-state index contributed by atoms with van der Waals surface area (Å²) in [5.74, 6) is 0.232. The first-order valence-electron chi connectivity index (χ1n) is 6.81. The van der Waals surface area contributed by atoms with E-state index in [-0.39, 0.29) is 18.2 Å².